The number of amides is 1. The number of aliphatic hydroxyl groups excluding tert-OH is 11. The van der Waals surface area contributed by atoms with Crippen LogP contribution in [0.5, 0.6) is 0 Å². The number of unbranched alkanes of at least 4 members (excludes halogenated alkanes) is 47. The maximum absolute atomic E-state index is 13.5. The van der Waals surface area contributed by atoms with Crippen molar-refractivity contribution in [2.75, 3.05) is 26.4 Å². The molecule has 3 aliphatic rings. The molecule has 0 aromatic carbocycles. The predicted molar refractivity (Wildman–Crippen MR) is 374 cm³/mol. The molecule has 3 saturated heterocycles. The van der Waals surface area contributed by atoms with E-state index < -0.39 is 124 Å². The molecule has 95 heavy (non-hydrogen) atoms. The van der Waals surface area contributed by atoms with Gasteiger partial charge in [-0.1, -0.05) is 321 Å². The van der Waals surface area contributed by atoms with Crippen LogP contribution < -0.4 is 5.32 Å². The van der Waals surface area contributed by atoms with Gasteiger partial charge in [-0.05, 0) is 19.3 Å². The van der Waals surface area contributed by atoms with Crippen molar-refractivity contribution in [1.29, 1.82) is 0 Å². The highest BCUT2D eigenvalue weighted by Crippen LogP contribution is 2.33. The molecule has 0 radical (unpaired) electrons. The van der Waals surface area contributed by atoms with Crippen LogP contribution in [0.3, 0.4) is 0 Å². The van der Waals surface area contributed by atoms with Crippen molar-refractivity contribution in [2.45, 2.75) is 439 Å². The predicted octanol–water partition coefficient (Wildman–Crippen LogP) is 12.4. The second kappa shape index (κ2) is 58.1. The van der Waals surface area contributed by atoms with Crippen LogP contribution in [-0.4, -0.2) is 193 Å². The zero-order valence-corrected chi connectivity index (χ0v) is 59.9. The molecule has 3 rings (SSSR count). The van der Waals surface area contributed by atoms with Crippen molar-refractivity contribution in [3.8, 4) is 0 Å². The lowest BCUT2D eigenvalue weighted by molar-refractivity contribution is -0.379. The Balaban J connectivity index is 1.36. The van der Waals surface area contributed by atoms with Crippen LogP contribution in [0.1, 0.15) is 335 Å². The van der Waals surface area contributed by atoms with Gasteiger partial charge in [0.15, 0.2) is 18.9 Å². The number of allylic oxidation sites excluding steroid dienone is 1. The Hall–Kier alpha value is -1.47. The quantitative estimate of drug-likeness (QED) is 0.0199. The minimum absolute atomic E-state index is 0.250. The summed E-state index contributed by atoms with van der Waals surface area (Å²) < 4.78 is 34.4. The van der Waals surface area contributed by atoms with Gasteiger partial charge in [0.2, 0.25) is 5.91 Å². The van der Waals surface area contributed by atoms with Gasteiger partial charge < -0.3 is 89.9 Å². The second-order valence-electron chi connectivity index (χ2n) is 28.5. The molecule has 3 heterocycles. The SMILES string of the molecule is CCCCCCCCCCCCCCCCCCC/C=C/C(O)C(COC1OC(CO)C(OC2OC(CO)C(OC3OC(CO)C(O)C(O)C3O)C(O)C2O)C(O)C1O)NC(=O)CCCCCCCCCCCCCCCCCCCCCCCCCCCCCCCCC. The summed E-state index contributed by atoms with van der Waals surface area (Å²) in [7, 11) is 0. The fourth-order valence-corrected chi connectivity index (χ4v) is 13.7. The molecule has 19 heteroatoms. The number of rotatable bonds is 63. The maximum Gasteiger partial charge on any atom is 0.220 e. The van der Waals surface area contributed by atoms with Crippen molar-refractivity contribution in [1.82, 2.24) is 5.32 Å². The molecule has 12 N–H and O–H groups in total. The first kappa shape index (κ1) is 87.7. The van der Waals surface area contributed by atoms with Crippen LogP contribution in [-0.2, 0) is 33.2 Å². The highest BCUT2D eigenvalue weighted by atomic mass is 16.8. The highest BCUT2D eigenvalue weighted by molar-refractivity contribution is 5.76. The Kier molecular flexibility index (Phi) is 53.6. The van der Waals surface area contributed by atoms with Gasteiger partial charge in [-0.3, -0.25) is 4.79 Å². The molecule has 0 saturated carbocycles. The van der Waals surface area contributed by atoms with Gasteiger partial charge >= 0.3 is 0 Å². The maximum atomic E-state index is 13.5. The molecule has 3 fully saturated rings. The normalized spacial score (nSPS) is 27.2. The molecule has 17 unspecified atom stereocenters. The lowest BCUT2D eigenvalue weighted by Gasteiger charge is -2.48. The number of hydrogen-bond donors (Lipinski definition) is 12. The van der Waals surface area contributed by atoms with Gasteiger partial charge in [0, 0.05) is 6.42 Å². The van der Waals surface area contributed by atoms with E-state index in [1.807, 2.05) is 6.08 Å². The number of ether oxygens (including phenoxy) is 6. The Morgan fingerprint density at radius 1 is 0.368 bits per heavy atom. The topological polar surface area (TPSA) is 307 Å². The summed E-state index contributed by atoms with van der Waals surface area (Å²) in [5, 5.41) is 121. The largest absolute Gasteiger partial charge is 0.394 e. The number of carbonyl (C=O) groups is 1. The average molecular weight is 1360 g/mol. The van der Waals surface area contributed by atoms with Crippen LogP contribution in [0, 0.1) is 0 Å². The summed E-state index contributed by atoms with van der Waals surface area (Å²) in [5.41, 5.74) is 0. The highest BCUT2D eigenvalue weighted by Gasteiger charge is 2.53. The van der Waals surface area contributed by atoms with Crippen LogP contribution in [0.25, 0.3) is 0 Å². The third-order valence-corrected chi connectivity index (χ3v) is 20.1. The molecule has 0 aromatic rings. The average Bonchev–Trinajstić information content (AvgIpc) is 0.786. The first-order valence-electron chi connectivity index (χ1n) is 39.4. The molecular formula is C76H145NO18. The van der Waals surface area contributed by atoms with E-state index in [-0.39, 0.29) is 18.9 Å². The molecule has 0 aromatic heterocycles. The summed E-state index contributed by atoms with van der Waals surface area (Å²) in [6, 6.07) is -0.969. The van der Waals surface area contributed by atoms with E-state index in [1.165, 1.54) is 263 Å². The molecule has 562 valence electrons. The van der Waals surface area contributed by atoms with Gasteiger partial charge in [-0.25, -0.2) is 0 Å². The summed E-state index contributed by atoms with van der Waals surface area (Å²) in [4.78, 5) is 13.5. The Morgan fingerprint density at radius 2 is 0.653 bits per heavy atom. The summed E-state index contributed by atoms with van der Waals surface area (Å²) >= 11 is 0. The molecule has 1 amide bonds. The fraction of sp³-hybridized carbons (Fsp3) is 0.961. The fourth-order valence-electron chi connectivity index (χ4n) is 13.7. The van der Waals surface area contributed by atoms with Gasteiger partial charge in [-0.15, -0.1) is 0 Å². The van der Waals surface area contributed by atoms with E-state index in [1.54, 1.807) is 6.08 Å². The monoisotopic (exact) mass is 1360 g/mol. The minimum atomic E-state index is -1.98. The third-order valence-electron chi connectivity index (χ3n) is 20.1. The first-order valence-corrected chi connectivity index (χ1v) is 39.4. The lowest BCUT2D eigenvalue weighted by atomic mass is 9.96. The zero-order valence-electron chi connectivity index (χ0n) is 59.9. The van der Waals surface area contributed by atoms with Crippen LogP contribution in [0.15, 0.2) is 12.2 Å². The van der Waals surface area contributed by atoms with E-state index in [0.29, 0.717) is 6.42 Å². The van der Waals surface area contributed by atoms with Crippen molar-refractivity contribution < 1.29 is 89.4 Å². The number of nitrogens with one attached hydrogen (secondary N) is 1. The molecular weight excluding hydrogens is 1210 g/mol. The van der Waals surface area contributed by atoms with Gasteiger partial charge in [0.1, 0.15) is 73.2 Å². The Morgan fingerprint density at radius 3 is 0.989 bits per heavy atom. The van der Waals surface area contributed by atoms with E-state index in [0.717, 1.165) is 44.9 Å². The van der Waals surface area contributed by atoms with E-state index >= 15 is 0 Å². The molecule has 19 nitrogen and oxygen atoms in total. The first-order chi connectivity index (χ1) is 46.3. The van der Waals surface area contributed by atoms with Gasteiger partial charge in [0.05, 0.1) is 38.6 Å². The lowest BCUT2D eigenvalue weighted by Crippen LogP contribution is -2.66. The zero-order chi connectivity index (χ0) is 68.9. The Bertz CT molecular complexity index is 1770. The van der Waals surface area contributed by atoms with E-state index in [4.69, 9.17) is 28.4 Å². The number of aliphatic hydroxyl groups is 11. The smallest absolute Gasteiger partial charge is 0.220 e. The molecule has 0 bridgehead atoms. The summed E-state index contributed by atoms with van der Waals surface area (Å²) in [6.07, 6.45) is 40.6. The van der Waals surface area contributed by atoms with Crippen LogP contribution >= 0.6 is 0 Å². The van der Waals surface area contributed by atoms with Crippen LogP contribution in [0.4, 0.5) is 0 Å². The van der Waals surface area contributed by atoms with Crippen LogP contribution in [0.2, 0.25) is 0 Å². The Labute approximate surface area is 576 Å². The molecule has 17 atom stereocenters. The van der Waals surface area contributed by atoms with Crippen molar-refractivity contribution in [2.24, 2.45) is 0 Å². The van der Waals surface area contributed by atoms with Gasteiger partial charge in [0.25, 0.3) is 0 Å². The summed E-state index contributed by atoms with van der Waals surface area (Å²) in [6.45, 7) is 1.79. The molecule has 0 spiro atoms. The van der Waals surface area contributed by atoms with Crippen molar-refractivity contribution in [3.63, 3.8) is 0 Å². The minimum Gasteiger partial charge on any atom is -0.394 e. The van der Waals surface area contributed by atoms with Crippen molar-refractivity contribution >= 4 is 5.91 Å². The third kappa shape index (κ3) is 39.0. The molecule has 3 aliphatic heterocycles. The van der Waals surface area contributed by atoms with Crippen molar-refractivity contribution in [3.05, 3.63) is 12.2 Å². The number of carbonyl (C=O) groups excluding carboxylic acids is 1. The second-order valence-corrected chi connectivity index (χ2v) is 28.5. The van der Waals surface area contributed by atoms with E-state index in [9.17, 15) is 61.0 Å². The number of hydrogen-bond acceptors (Lipinski definition) is 18. The summed E-state index contributed by atoms with van der Waals surface area (Å²) in [5.74, 6) is -0.267. The van der Waals surface area contributed by atoms with Gasteiger partial charge in [-0.2, -0.15) is 0 Å². The van der Waals surface area contributed by atoms with E-state index in [2.05, 4.69) is 19.2 Å². The standard InChI is InChI=1S/C76H145NO18/c1-3-5-7-9-11-13-15-17-19-21-23-24-25-26-27-28-29-30-31-32-33-34-36-38-40-42-44-46-48-50-52-54-64(82)77-59(60(81)53-51-49-47-45-43-41-39-37-35-22-20-18-16-14-12-10-8-6-4-2)58-90-74-70(88)67(85)72(62(56-79)92-74)95-76-71(89)68(86)73(63(57-80)93-76)94-75-69(87)66(84)65(83)61(55-78)91-75/h51,53,59-63,65-76,78-81,83-89H,3-50,52,54-58H2,1-2H3,(H,77,82)/b53-51+. The molecule has 0 aliphatic carbocycles.